The largest absolute Gasteiger partial charge is 0.496 e. The smallest absolute Gasteiger partial charge is 0.213 e. The molecule has 0 unspecified atom stereocenters. The van der Waals surface area contributed by atoms with Gasteiger partial charge in [0.25, 0.3) is 0 Å². The van der Waals surface area contributed by atoms with Crippen LogP contribution in [0.25, 0.3) is 0 Å². The van der Waals surface area contributed by atoms with Crippen molar-refractivity contribution in [2.45, 2.75) is 46.1 Å². The number of aromatic nitrogens is 1. The third kappa shape index (κ3) is 5.51. The first kappa shape index (κ1) is 19.8. The van der Waals surface area contributed by atoms with Crippen LogP contribution in [0.15, 0.2) is 33.8 Å². The predicted octanol–water partition coefficient (Wildman–Crippen LogP) is 3.20. The fourth-order valence-corrected chi connectivity index (χ4v) is 2.46. The Kier molecular flexibility index (Phi) is 6.66. The lowest BCUT2D eigenvalue weighted by Gasteiger charge is -2.13. The van der Waals surface area contributed by atoms with Crippen LogP contribution in [0.5, 0.6) is 5.75 Å². The van der Waals surface area contributed by atoms with Crippen LogP contribution < -0.4 is 15.4 Å². The zero-order valence-electron chi connectivity index (χ0n) is 16.6. The summed E-state index contributed by atoms with van der Waals surface area (Å²) in [5, 5.41) is 6.53. The van der Waals surface area contributed by atoms with Crippen LogP contribution in [0.4, 0.5) is 0 Å². The second-order valence-electron chi connectivity index (χ2n) is 7.27. The van der Waals surface area contributed by atoms with Gasteiger partial charge < -0.3 is 19.8 Å². The van der Waals surface area contributed by atoms with E-state index in [1.807, 2.05) is 6.92 Å². The molecule has 2 N–H and O–H groups in total. The maximum Gasteiger partial charge on any atom is 0.213 e. The Morgan fingerprint density at radius 2 is 2.04 bits per heavy atom. The summed E-state index contributed by atoms with van der Waals surface area (Å²) in [5.74, 6) is 3.18. The van der Waals surface area contributed by atoms with Gasteiger partial charge in [-0.1, -0.05) is 32.9 Å². The average Bonchev–Trinajstić information content (AvgIpc) is 3.08. The summed E-state index contributed by atoms with van der Waals surface area (Å²) >= 11 is 0. The van der Waals surface area contributed by atoms with Crippen LogP contribution in [0.1, 0.15) is 43.5 Å². The third-order valence-corrected chi connectivity index (χ3v) is 4.10. The second kappa shape index (κ2) is 8.74. The molecule has 6 heteroatoms. The number of methoxy groups -OCH3 is 1. The number of aliphatic imine (C=N–C) groups is 1. The zero-order chi connectivity index (χ0) is 19.2. The number of aryl methyl sites for hydroxylation is 1. The lowest BCUT2D eigenvalue weighted by molar-refractivity contribution is 0.379. The predicted molar refractivity (Wildman–Crippen MR) is 105 cm³/mol. The molecule has 2 aromatic rings. The van der Waals surface area contributed by atoms with Gasteiger partial charge in [-0.3, -0.25) is 4.99 Å². The molecule has 2 rings (SSSR count). The van der Waals surface area contributed by atoms with E-state index in [1.54, 1.807) is 20.4 Å². The first-order valence-corrected chi connectivity index (χ1v) is 8.86. The van der Waals surface area contributed by atoms with E-state index >= 15 is 0 Å². The van der Waals surface area contributed by atoms with Crippen LogP contribution in [-0.4, -0.2) is 31.6 Å². The second-order valence-corrected chi connectivity index (χ2v) is 7.27. The Morgan fingerprint density at radius 1 is 1.27 bits per heavy atom. The molecule has 0 saturated carbocycles. The van der Waals surface area contributed by atoms with E-state index in [4.69, 9.17) is 9.15 Å². The van der Waals surface area contributed by atoms with Crippen molar-refractivity contribution < 1.29 is 9.15 Å². The maximum absolute atomic E-state index is 5.78. The summed E-state index contributed by atoms with van der Waals surface area (Å²) in [4.78, 5) is 8.56. The van der Waals surface area contributed by atoms with Crippen LogP contribution in [0, 0.1) is 6.92 Å². The summed E-state index contributed by atoms with van der Waals surface area (Å²) in [5.41, 5.74) is 2.32. The molecule has 0 saturated heterocycles. The number of nitrogens with zero attached hydrogens (tertiary/aromatic N) is 2. The quantitative estimate of drug-likeness (QED) is 0.613. The Hall–Kier alpha value is -2.50. The minimum Gasteiger partial charge on any atom is -0.496 e. The van der Waals surface area contributed by atoms with Crippen molar-refractivity contribution in [1.82, 2.24) is 15.6 Å². The van der Waals surface area contributed by atoms with E-state index in [9.17, 15) is 0 Å². The molecular weight excluding hydrogens is 328 g/mol. The van der Waals surface area contributed by atoms with Gasteiger partial charge in [0, 0.05) is 19.0 Å². The van der Waals surface area contributed by atoms with Gasteiger partial charge in [-0.25, -0.2) is 4.98 Å². The maximum atomic E-state index is 5.78. The van der Waals surface area contributed by atoms with Crippen molar-refractivity contribution in [3.63, 3.8) is 0 Å². The molecule has 0 atom stereocenters. The molecule has 0 bridgehead atoms. The SMILES string of the molecule is CN=C(NCCc1ccc(C)c(OC)c1)NCc1ncc(C(C)(C)C)o1. The Labute approximate surface area is 156 Å². The normalized spacial score (nSPS) is 12.2. The Balaban J connectivity index is 1.82. The highest BCUT2D eigenvalue weighted by Gasteiger charge is 2.19. The van der Waals surface area contributed by atoms with Crippen molar-refractivity contribution in [3.8, 4) is 5.75 Å². The minimum atomic E-state index is -0.0414. The fourth-order valence-electron chi connectivity index (χ4n) is 2.46. The molecular formula is C20H30N4O2. The van der Waals surface area contributed by atoms with E-state index < -0.39 is 0 Å². The van der Waals surface area contributed by atoms with Gasteiger partial charge in [-0.2, -0.15) is 0 Å². The van der Waals surface area contributed by atoms with Gasteiger partial charge >= 0.3 is 0 Å². The lowest BCUT2D eigenvalue weighted by Crippen LogP contribution is -2.37. The summed E-state index contributed by atoms with van der Waals surface area (Å²) in [6, 6.07) is 6.28. The first-order valence-electron chi connectivity index (χ1n) is 8.86. The standard InChI is InChI=1S/C20H30N4O2/c1-14-7-8-15(11-16(14)25-6)9-10-22-19(21-5)24-13-18-23-12-17(26-18)20(2,3)4/h7-8,11-12H,9-10,13H2,1-6H3,(H2,21,22,24). The molecule has 0 amide bonds. The monoisotopic (exact) mass is 358 g/mol. The highest BCUT2D eigenvalue weighted by atomic mass is 16.5. The van der Waals surface area contributed by atoms with Gasteiger partial charge in [0.2, 0.25) is 5.89 Å². The van der Waals surface area contributed by atoms with Gasteiger partial charge in [0.05, 0.1) is 19.9 Å². The molecule has 0 aliphatic carbocycles. The molecule has 1 aromatic carbocycles. The van der Waals surface area contributed by atoms with Crippen molar-refractivity contribution in [1.29, 1.82) is 0 Å². The molecule has 0 fully saturated rings. The van der Waals surface area contributed by atoms with E-state index in [0.717, 1.165) is 36.0 Å². The van der Waals surface area contributed by atoms with Gasteiger partial charge in [-0.15, -0.1) is 0 Å². The Morgan fingerprint density at radius 3 is 2.65 bits per heavy atom. The highest BCUT2D eigenvalue weighted by Crippen LogP contribution is 2.22. The molecule has 26 heavy (non-hydrogen) atoms. The van der Waals surface area contributed by atoms with Crippen LogP contribution in [0.3, 0.4) is 0 Å². The van der Waals surface area contributed by atoms with Gasteiger partial charge in [-0.05, 0) is 30.5 Å². The van der Waals surface area contributed by atoms with Crippen molar-refractivity contribution >= 4 is 5.96 Å². The number of oxazole rings is 1. The highest BCUT2D eigenvalue weighted by molar-refractivity contribution is 5.79. The van der Waals surface area contributed by atoms with Crippen LogP contribution >= 0.6 is 0 Å². The van der Waals surface area contributed by atoms with E-state index in [-0.39, 0.29) is 5.41 Å². The number of nitrogens with one attached hydrogen (secondary N) is 2. The summed E-state index contributed by atoms with van der Waals surface area (Å²) in [6.45, 7) is 9.61. The molecule has 0 aliphatic heterocycles. The van der Waals surface area contributed by atoms with Crippen molar-refractivity contribution in [2.24, 2.45) is 4.99 Å². The summed E-state index contributed by atoms with van der Waals surface area (Å²) in [7, 11) is 3.45. The van der Waals surface area contributed by atoms with E-state index in [2.05, 4.69) is 59.6 Å². The summed E-state index contributed by atoms with van der Waals surface area (Å²) in [6.07, 6.45) is 2.67. The topological polar surface area (TPSA) is 71.7 Å². The third-order valence-electron chi connectivity index (χ3n) is 4.10. The summed E-state index contributed by atoms with van der Waals surface area (Å²) < 4.78 is 11.2. The van der Waals surface area contributed by atoms with Crippen molar-refractivity contribution in [3.05, 3.63) is 47.2 Å². The number of hydrogen-bond donors (Lipinski definition) is 2. The Bertz CT molecular complexity index is 745. The van der Waals surface area contributed by atoms with E-state index in [1.165, 1.54) is 5.56 Å². The van der Waals surface area contributed by atoms with Crippen molar-refractivity contribution in [2.75, 3.05) is 20.7 Å². The molecule has 0 spiro atoms. The fraction of sp³-hybridized carbons (Fsp3) is 0.500. The number of guanidine groups is 1. The molecule has 1 aromatic heterocycles. The van der Waals surface area contributed by atoms with E-state index in [0.29, 0.717) is 12.4 Å². The number of benzene rings is 1. The molecule has 1 heterocycles. The van der Waals surface area contributed by atoms with Crippen LogP contribution in [0.2, 0.25) is 0 Å². The zero-order valence-corrected chi connectivity index (χ0v) is 16.6. The number of rotatable bonds is 6. The lowest BCUT2D eigenvalue weighted by atomic mass is 9.94. The number of hydrogen-bond acceptors (Lipinski definition) is 4. The van der Waals surface area contributed by atoms with Crippen LogP contribution in [-0.2, 0) is 18.4 Å². The number of ether oxygens (including phenoxy) is 1. The molecule has 6 nitrogen and oxygen atoms in total. The minimum absolute atomic E-state index is 0.0414. The van der Waals surface area contributed by atoms with Gasteiger partial charge in [0.1, 0.15) is 11.5 Å². The molecule has 0 aliphatic rings. The molecule has 142 valence electrons. The van der Waals surface area contributed by atoms with Gasteiger partial charge in [0.15, 0.2) is 5.96 Å². The average molecular weight is 358 g/mol. The first-order chi connectivity index (χ1) is 12.3. The molecule has 0 radical (unpaired) electrons.